The Kier molecular flexibility index (Phi) is 5.15. The Morgan fingerprint density at radius 3 is 2.50 bits per heavy atom. The van der Waals surface area contributed by atoms with Gasteiger partial charge in [-0.25, -0.2) is 0 Å². The minimum atomic E-state index is -0.156. The van der Waals surface area contributed by atoms with E-state index in [1.165, 1.54) is 5.56 Å². The van der Waals surface area contributed by atoms with E-state index in [-0.39, 0.29) is 17.9 Å². The van der Waals surface area contributed by atoms with Gasteiger partial charge in [0.2, 0.25) is 5.91 Å². The van der Waals surface area contributed by atoms with E-state index in [2.05, 4.69) is 5.32 Å². The average Bonchev–Trinajstić information content (AvgIpc) is 3.27. The summed E-state index contributed by atoms with van der Waals surface area (Å²) < 4.78 is 5.06. The lowest BCUT2D eigenvalue weighted by atomic mass is 10.0. The number of aliphatic hydroxyl groups excluding tert-OH is 1. The molecule has 0 atom stereocenters. The van der Waals surface area contributed by atoms with E-state index in [9.17, 15) is 4.79 Å². The summed E-state index contributed by atoms with van der Waals surface area (Å²) in [5.74, 6) is 0.168. The summed E-state index contributed by atoms with van der Waals surface area (Å²) in [6, 6.07) is 7.82. The summed E-state index contributed by atoms with van der Waals surface area (Å²) in [6.07, 6.45) is 3.60. The van der Waals surface area contributed by atoms with Crippen molar-refractivity contribution in [3.63, 3.8) is 0 Å². The molecule has 4 heteroatoms. The van der Waals surface area contributed by atoms with Gasteiger partial charge in [0.1, 0.15) is 0 Å². The van der Waals surface area contributed by atoms with Crippen molar-refractivity contribution < 1.29 is 14.6 Å². The summed E-state index contributed by atoms with van der Waals surface area (Å²) in [6.45, 7) is 1.38. The molecular formula is C16H23NO3. The van der Waals surface area contributed by atoms with E-state index in [1.807, 2.05) is 24.3 Å². The second-order valence-electron chi connectivity index (χ2n) is 5.50. The molecule has 1 fully saturated rings. The van der Waals surface area contributed by atoms with E-state index in [1.54, 1.807) is 7.11 Å². The predicted octanol–water partition coefficient (Wildman–Crippen LogP) is 1.65. The molecule has 0 unspecified atom stereocenters. The normalized spacial score (nSPS) is 15.9. The summed E-state index contributed by atoms with van der Waals surface area (Å²) in [5.41, 5.74) is 1.93. The van der Waals surface area contributed by atoms with Crippen molar-refractivity contribution in [2.45, 2.75) is 32.3 Å². The van der Waals surface area contributed by atoms with Crippen molar-refractivity contribution >= 4 is 5.91 Å². The number of methoxy groups -OCH3 is 1. The Morgan fingerprint density at radius 1 is 1.30 bits per heavy atom. The molecule has 0 heterocycles. The number of carbonyl (C=O) groups excluding carboxylic acids is 1. The number of ether oxygens (including phenoxy) is 1. The number of hydrogen-bond donors (Lipinski definition) is 2. The molecule has 1 aromatic carbocycles. The van der Waals surface area contributed by atoms with Crippen LogP contribution in [0.4, 0.5) is 0 Å². The van der Waals surface area contributed by atoms with Crippen LogP contribution in [0, 0.1) is 5.41 Å². The first-order valence-electron chi connectivity index (χ1n) is 7.16. The van der Waals surface area contributed by atoms with Crippen LogP contribution in [-0.2, 0) is 22.6 Å². The van der Waals surface area contributed by atoms with Gasteiger partial charge < -0.3 is 15.2 Å². The second kappa shape index (κ2) is 6.86. The zero-order valence-electron chi connectivity index (χ0n) is 12.0. The first-order valence-corrected chi connectivity index (χ1v) is 7.16. The maximum atomic E-state index is 12.1. The molecule has 2 N–H and O–H groups in total. The third kappa shape index (κ3) is 3.81. The van der Waals surface area contributed by atoms with Crippen molar-refractivity contribution in [1.82, 2.24) is 5.32 Å². The molecular weight excluding hydrogens is 254 g/mol. The van der Waals surface area contributed by atoms with Crippen LogP contribution in [0.15, 0.2) is 24.3 Å². The van der Waals surface area contributed by atoms with Crippen molar-refractivity contribution in [3.05, 3.63) is 35.4 Å². The van der Waals surface area contributed by atoms with Crippen LogP contribution >= 0.6 is 0 Å². The van der Waals surface area contributed by atoms with Crippen LogP contribution in [0.5, 0.6) is 0 Å². The molecule has 0 bridgehead atoms. The van der Waals surface area contributed by atoms with Gasteiger partial charge in [-0.15, -0.1) is 0 Å². The average molecular weight is 277 g/mol. The van der Waals surface area contributed by atoms with Gasteiger partial charge in [0.05, 0.1) is 12.0 Å². The van der Waals surface area contributed by atoms with Crippen LogP contribution in [0.1, 0.15) is 30.4 Å². The summed E-state index contributed by atoms with van der Waals surface area (Å²) >= 11 is 0. The summed E-state index contributed by atoms with van der Waals surface area (Å²) in [5, 5.41) is 12.0. The SMILES string of the molecule is COCCC1(C(=O)NCCc2ccc(CO)cc2)CC1. The van der Waals surface area contributed by atoms with Gasteiger partial charge in [0.25, 0.3) is 0 Å². The van der Waals surface area contributed by atoms with Gasteiger partial charge in [-0.3, -0.25) is 4.79 Å². The molecule has 4 nitrogen and oxygen atoms in total. The molecule has 0 aliphatic heterocycles. The number of nitrogens with one attached hydrogen (secondary N) is 1. The third-order valence-corrected chi connectivity index (χ3v) is 4.02. The first-order chi connectivity index (χ1) is 9.70. The molecule has 0 saturated heterocycles. The molecule has 1 saturated carbocycles. The highest BCUT2D eigenvalue weighted by Crippen LogP contribution is 2.48. The molecule has 20 heavy (non-hydrogen) atoms. The van der Waals surface area contributed by atoms with Gasteiger partial charge in [0.15, 0.2) is 0 Å². The fraction of sp³-hybridized carbons (Fsp3) is 0.562. The highest BCUT2D eigenvalue weighted by atomic mass is 16.5. The maximum Gasteiger partial charge on any atom is 0.226 e. The van der Waals surface area contributed by atoms with Crippen LogP contribution < -0.4 is 5.32 Å². The van der Waals surface area contributed by atoms with Crippen LogP contribution in [-0.4, -0.2) is 31.3 Å². The van der Waals surface area contributed by atoms with Crippen LogP contribution in [0.2, 0.25) is 0 Å². The van der Waals surface area contributed by atoms with Gasteiger partial charge in [-0.2, -0.15) is 0 Å². The molecule has 0 aromatic heterocycles. The van der Waals surface area contributed by atoms with Crippen LogP contribution in [0.25, 0.3) is 0 Å². The minimum Gasteiger partial charge on any atom is -0.392 e. The fourth-order valence-electron chi connectivity index (χ4n) is 2.36. The van der Waals surface area contributed by atoms with Crippen molar-refractivity contribution in [2.24, 2.45) is 5.41 Å². The molecule has 1 aliphatic carbocycles. The van der Waals surface area contributed by atoms with Crippen LogP contribution in [0.3, 0.4) is 0 Å². The Balaban J connectivity index is 1.73. The molecule has 110 valence electrons. The maximum absolute atomic E-state index is 12.1. The smallest absolute Gasteiger partial charge is 0.226 e. The first kappa shape index (κ1) is 15.0. The van der Waals surface area contributed by atoms with Crippen molar-refractivity contribution in [1.29, 1.82) is 0 Å². The van der Waals surface area contributed by atoms with Gasteiger partial charge >= 0.3 is 0 Å². The van der Waals surface area contributed by atoms with Gasteiger partial charge in [-0.05, 0) is 36.8 Å². The number of aliphatic hydroxyl groups is 1. The van der Waals surface area contributed by atoms with E-state index in [4.69, 9.17) is 9.84 Å². The highest BCUT2D eigenvalue weighted by molar-refractivity contribution is 5.85. The number of hydrogen-bond acceptors (Lipinski definition) is 3. The van der Waals surface area contributed by atoms with Gasteiger partial charge in [-0.1, -0.05) is 24.3 Å². The summed E-state index contributed by atoms with van der Waals surface area (Å²) in [4.78, 5) is 12.1. The minimum absolute atomic E-state index is 0.0685. The molecule has 1 aromatic rings. The van der Waals surface area contributed by atoms with Crippen molar-refractivity contribution in [2.75, 3.05) is 20.3 Å². The zero-order valence-corrected chi connectivity index (χ0v) is 12.0. The molecule has 0 spiro atoms. The highest BCUT2D eigenvalue weighted by Gasteiger charge is 2.48. The number of rotatable bonds is 8. The second-order valence-corrected chi connectivity index (χ2v) is 5.50. The third-order valence-electron chi connectivity index (χ3n) is 4.02. The summed E-state index contributed by atoms with van der Waals surface area (Å²) in [7, 11) is 1.67. The lowest BCUT2D eigenvalue weighted by molar-refractivity contribution is -0.126. The van der Waals surface area contributed by atoms with E-state index in [0.717, 1.165) is 31.2 Å². The quantitative estimate of drug-likeness (QED) is 0.759. The molecule has 0 radical (unpaired) electrons. The Morgan fingerprint density at radius 2 is 1.95 bits per heavy atom. The largest absolute Gasteiger partial charge is 0.392 e. The predicted molar refractivity (Wildman–Crippen MR) is 77.2 cm³/mol. The van der Waals surface area contributed by atoms with Gasteiger partial charge in [0, 0.05) is 20.3 Å². The Hall–Kier alpha value is -1.39. The lowest BCUT2D eigenvalue weighted by Crippen LogP contribution is -2.34. The van der Waals surface area contributed by atoms with Crippen molar-refractivity contribution in [3.8, 4) is 0 Å². The number of amides is 1. The van der Waals surface area contributed by atoms with E-state index in [0.29, 0.717) is 13.2 Å². The monoisotopic (exact) mass is 277 g/mol. The number of benzene rings is 1. The Bertz CT molecular complexity index is 438. The lowest BCUT2D eigenvalue weighted by Gasteiger charge is -2.14. The Labute approximate surface area is 120 Å². The molecule has 1 amide bonds. The zero-order chi connectivity index (χ0) is 14.4. The topological polar surface area (TPSA) is 58.6 Å². The van der Waals surface area contributed by atoms with E-state index >= 15 is 0 Å². The number of carbonyl (C=O) groups is 1. The molecule has 2 rings (SSSR count). The molecule has 1 aliphatic rings. The standard InChI is InChI=1S/C16H23NO3/c1-20-11-9-16(7-8-16)15(19)17-10-6-13-2-4-14(12-18)5-3-13/h2-5,18H,6-12H2,1H3,(H,17,19). The fourth-order valence-corrected chi connectivity index (χ4v) is 2.36. The van der Waals surface area contributed by atoms with E-state index < -0.39 is 0 Å².